The summed E-state index contributed by atoms with van der Waals surface area (Å²) in [4.78, 5) is 0.289. The molecule has 0 spiro atoms. The number of sulfonamides is 1. The van der Waals surface area contributed by atoms with Gasteiger partial charge in [-0.15, -0.1) is 0 Å². The third kappa shape index (κ3) is 2.35. The Bertz CT molecular complexity index is 620. The highest BCUT2D eigenvalue weighted by Gasteiger charge is 2.42. The first-order chi connectivity index (χ1) is 9.50. The summed E-state index contributed by atoms with van der Waals surface area (Å²) in [5, 5.41) is 3.62. The quantitative estimate of drug-likeness (QED) is 0.884. The van der Waals surface area contributed by atoms with Gasteiger partial charge in [-0.25, -0.2) is 8.42 Å². The fourth-order valence-electron chi connectivity index (χ4n) is 2.83. The molecule has 0 unspecified atom stereocenters. The largest absolute Gasteiger partial charge is 0.374 e. The highest BCUT2D eigenvalue weighted by molar-refractivity contribution is 7.89. The standard InChI is InChI=1S/C13H17ClN2O3S/c1-9-2-3-10(14)6-13(9)20(17,18)16-4-5-19-12-8-15-7-11(12)16/h2-3,6,11-12,15H,4-5,7-8H2,1H3/t11-,12+/m1/s1. The Labute approximate surface area is 123 Å². The second kappa shape index (κ2) is 5.27. The number of aryl methyl sites for hydroxylation is 1. The van der Waals surface area contributed by atoms with Crippen LogP contribution in [-0.4, -0.2) is 51.1 Å². The summed E-state index contributed by atoms with van der Waals surface area (Å²) in [6.45, 7) is 3.93. The van der Waals surface area contributed by atoms with Gasteiger partial charge in [-0.2, -0.15) is 4.31 Å². The maximum Gasteiger partial charge on any atom is 0.243 e. The summed E-state index contributed by atoms with van der Waals surface area (Å²) in [6, 6.07) is 4.83. The number of fused-ring (bicyclic) bond motifs is 1. The van der Waals surface area contributed by atoms with Crippen LogP contribution in [-0.2, 0) is 14.8 Å². The zero-order valence-electron chi connectivity index (χ0n) is 11.2. The van der Waals surface area contributed by atoms with E-state index in [2.05, 4.69) is 5.32 Å². The molecule has 0 aromatic heterocycles. The molecule has 2 atom stereocenters. The van der Waals surface area contributed by atoms with E-state index in [1.54, 1.807) is 23.4 Å². The molecule has 2 heterocycles. The van der Waals surface area contributed by atoms with Gasteiger partial charge in [-0.1, -0.05) is 17.7 Å². The second-order valence-corrected chi connectivity index (χ2v) is 7.46. The fraction of sp³-hybridized carbons (Fsp3) is 0.538. The van der Waals surface area contributed by atoms with Gasteiger partial charge in [-0.05, 0) is 24.6 Å². The minimum absolute atomic E-state index is 0.0574. The van der Waals surface area contributed by atoms with Gasteiger partial charge in [-0.3, -0.25) is 0 Å². The summed E-state index contributed by atoms with van der Waals surface area (Å²) < 4.78 is 33.0. The topological polar surface area (TPSA) is 58.6 Å². The minimum Gasteiger partial charge on any atom is -0.374 e. The lowest BCUT2D eigenvalue weighted by atomic mass is 10.2. The van der Waals surface area contributed by atoms with Crippen molar-refractivity contribution in [3.63, 3.8) is 0 Å². The van der Waals surface area contributed by atoms with Crippen molar-refractivity contribution in [1.29, 1.82) is 0 Å². The molecule has 1 N–H and O–H groups in total. The van der Waals surface area contributed by atoms with E-state index in [0.717, 1.165) is 0 Å². The van der Waals surface area contributed by atoms with Crippen LogP contribution in [0.1, 0.15) is 5.56 Å². The molecule has 0 aliphatic carbocycles. The van der Waals surface area contributed by atoms with Crippen LogP contribution in [0.3, 0.4) is 0 Å². The number of halogens is 1. The van der Waals surface area contributed by atoms with Crippen LogP contribution in [0.25, 0.3) is 0 Å². The van der Waals surface area contributed by atoms with Crippen LogP contribution in [0.15, 0.2) is 23.1 Å². The molecule has 1 aromatic carbocycles. The lowest BCUT2D eigenvalue weighted by Crippen LogP contribution is -2.53. The Morgan fingerprint density at radius 1 is 1.40 bits per heavy atom. The summed E-state index contributed by atoms with van der Waals surface area (Å²) in [6.07, 6.45) is -0.0574. The van der Waals surface area contributed by atoms with E-state index in [-0.39, 0.29) is 17.0 Å². The molecule has 2 fully saturated rings. The lowest BCUT2D eigenvalue weighted by molar-refractivity contribution is -0.0149. The summed E-state index contributed by atoms with van der Waals surface area (Å²) in [5.41, 5.74) is 0.711. The molecule has 3 rings (SSSR count). The van der Waals surface area contributed by atoms with Crippen LogP contribution in [0.5, 0.6) is 0 Å². The SMILES string of the molecule is Cc1ccc(Cl)cc1S(=O)(=O)N1CCO[C@H]2CNC[C@H]21. The number of hydrogen-bond donors (Lipinski definition) is 1. The first-order valence-corrected chi connectivity index (χ1v) is 8.42. The number of morpholine rings is 1. The lowest BCUT2D eigenvalue weighted by Gasteiger charge is -2.36. The predicted molar refractivity (Wildman–Crippen MR) is 76.5 cm³/mol. The summed E-state index contributed by atoms with van der Waals surface area (Å²) >= 11 is 5.95. The van der Waals surface area contributed by atoms with E-state index in [4.69, 9.17) is 16.3 Å². The molecule has 0 amide bonds. The molecular weight excluding hydrogens is 300 g/mol. The van der Waals surface area contributed by atoms with Crippen molar-refractivity contribution < 1.29 is 13.2 Å². The summed E-state index contributed by atoms with van der Waals surface area (Å²) in [5.74, 6) is 0. The van der Waals surface area contributed by atoms with E-state index < -0.39 is 10.0 Å². The number of ether oxygens (including phenoxy) is 1. The van der Waals surface area contributed by atoms with E-state index in [9.17, 15) is 8.42 Å². The van der Waals surface area contributed by atoms with Crippen LogP contribution in [0.2, 0.25) is 5.02 Å². The number of rotatable bonds is 2. The van der Waals surface area contributed by atoms with Crippen molar-refractivity contribution in [2.75, 3.05) is 26.2 Å². The molecule has 2 aliphatic heterocycles. The minimum atomic E-state index is -3.54. The van der Waals surface area contributed by atoms with Crippen LogP contribution in [0.4, 0.5) is 0 Å². The van der Waals surface area contributed by atoms with E-state index in [1.807, 2.05) is 0 Å². The molecule has 1 aromatic rings. The molecule has 7 heteroatoms. The third-order valence-corrected chi connectivity index (χ3v) is 6.18. The van der Waals surface area contributed by atoms with Crippen LogP contribution < -0.4 is 5.32 Å². The van der Waals surface area contributed by atoms with E-state index >= 15 is 0 Å². The highest BCUT2D eigenvalue weighted by Crippen LogP contribution is 2.28. The van der Waals surface area contributed by atoms with Crippen LogP contribution in [0, 0.1) is 6.92 Å². The number of benzene rings is 1. The van der Waals surface area contributed by atoms with Gasteiger partial charge in [0, 0.05) is 24.7 Å². The van der Waals surface area contributed by atoms with Crippen LogP contribution >= 0.6 is 11.6 Å². The Hall–Kier alpha value is -0.660. The number of nitrogens with zero attached hydrogens (tertiary/aromatic N) is 1. The second-order valence-electron chi connectivity index (χ2n) is 5.16. The Kier molecular flexibility index (Phi) is 3.77. The van der Waals surface area contributed by atoms with Crippen molar-refractivity contribution >= 4 is 21.6 Å². The Balaban J connectivity index is 2.00. The van der Waals surface area contributed by atoms with E-state index in [1.165, 1.54) is 6.07 Å². The van der Waals surface area contributed by atoms with Crippen molar-refractivity contribution in [3.05, 3.63) is 28.8 Å². The molecule has 0 radical (unpaired) electrons. The summed E-state index contributed by atoms with van der Waals surface area (Å²) in [7, 11) is -3.54. The Morgan fingerprint density at radius 2 is 2.20 bits per heavy atom. The normalized spacial score (nSPS) is 27.5. The third-order valence-electron chi connectivity index (χ3n) is 3.88. The maximum absolute atomic E-state index is 12.9. The van der Waals surface area contributed by atoms with Crippen molar-refractivity contribution in [2.24, 2.45) is 0 Å². The van der Waals surface area contributed by atoms with E-state index in [0.29, 0.717) is 36.8 Å². The molecule has 0 bridgehead atoms. The van der Waals surface area contributed by atoms with Gasteiger partial charge in [0.25, 0.3) is 0 Å². The monoisotopic (exact) mass is 316 g/mol. The number of nitrogens with one attached hydrogen (secondary N) is 1. The molecular formula is C13H17ClN2O3S. The molecule has 0 saturated carbocycles. The first kappa shape index (κ1) is 14.3. The smallest absolute Gasteiger partial charge is 0.243 e. The highest BCUT2D eigenvalue weighted by atomic mass is 35.5. The van der Waals surface area contributed by atoms with Gasteiger partial charge in [0.2, 0.25) is 10.0 Å². The average Bonchev–Trinajstić information content (AvgIpc) is 2.89. The van der Waals surface area contributed by atoms with Crippen molar-refractivity contribution in [3.8, 4) is 0 Å². The van der Waals surface area contributed by atoms with Crippen molar-refractivity contribution in [2.45, 2.75) is 24.0 Å². The molecule has 20 heavy (non-hydrogen) atoms. The van der Waals surface area contributed by atoms with Gasteiger partial charge in [0.05, 0.1) is 23.6 Å². The fourth-order valence-corrected chi connectivity index (χ4v) is 4.96. The van der Waals surface area contributed by atoms with Crippen molar-refractivity contribution in [1.82, 2.24) is 9.62 Å². The Morgan fingerprint density at radius 3 is 3.00 bits per heavy atom. The van der Waals surface area contributed by atoms with Gasteiger partial charge < -0.3 is 10.1 Å². The predicted octanol–water partition coefficient (Wildman–Crippen LogP) is 1.01. The zero-order chi connectivity index (χ0) is 14.3. The molecule has 110 valence electrons. The molecule has 5 nitrogen and oxygen atoms in total. The van der Waals surface area contributed by atoms with Gasteiger partial charge in [0.1, 0.15) is 0 Å². The number of hydrogen-bond acceptors (Lipinski definition) is 4. The maximum atomic E-state index is 12.9. The average molecular weight is 317 g/mol. The van der Waals surface area contributed by atoms with Gasteiger partial charge >= 0.3 is 0 Å². The molecule has 2 saturated heterocycles. The molecule has 2 aliphatic rings. The zero-order valence-corrected chi connectivity index (χ0v) is 12.7. The van der Waals surface area contributed by atoms with Gasteiger partial charge in [0.15, 0.2) is 0 Å². The first-order valence-electron chi connectivity index (χ1n) is 6.60.